The van der Waals surface area contributed by atoms with Crippen LogP contribution < -0.4 is 0 Å². The third kappa shape index (κ3) is 2.78. The van der Waals surface area contributed by atoms with Crippen LogP contribution in [0.4, 0.5) is 0 Å². The Labute approximate surface area is 167 Å². The number of aliphatic hydroxyl groups is 1. The lowest BCUT2D eigenvalue weighted by Gasteiger charge is -2.27. The Kier molecular flexibility index (Phi) is 4.37. The second kappa shape index (κ2) is 6.65. The molecule has 1 fully saturated rings. The maximum absolute atomic E-state index is 13.0. The second-order valence-corrected chi connectivity index (χ2v) is 7.78. The molecular weight excluding hydrogens is 376 g/mol. The smallest absolute Gasteiger partial charge is 0.277 e. The van der Waals surface area contributed by atoms with Crippen molar-refractivity contribution in [1.29, 1.82) is 0 Å². The summed E-state index contributed by atoms with van der Waals surface area (Å²) in [5.74, 6) is -2.74. The Balaban J connectivity index is 1.73. The molecule has 8 heteroatoms. The number of Topliss-reactive ketones (excluding diaryl/α,β-unsaturated/α-hetero) is 1. The zero-order chi connectivity index (χ0) is 21.0. The van der Waals surface area contributed by atoms with Gasteiger partial charge in [0.05, 0.1) is 34.0 Å². The minimum absolute atomic E-state index is 0.0406. The van der Waals surface area contributed by atoms with Crippen LogP contribution in [-0.2, 0) is 9.59 Å². The molecule has 1 aromatic carbocycles. The van der Waals surface area contributed by atoms with E-state index in [1.165, 1.54) is 5.01 Å². The highest BCUT2D eigenvalue weighted by atomic mass is 16.3. The largest absolute Gasteiger partial charge is 0.508 e. The molecular formula is C21H22N2O6. The first-order valence-corrected chi connectivity index (χ1v) is 9.59. The molecule has 0 radical (unpaired) electrons. The Hall–Kier alpha value is -3.29. The van der Waals surface area contributed by atoms with Crippen molar-refractivity contribution in [3.8, 4) is 17.2 Å². The molecule has 1 heterocycles. The summed E-state index contributed by atoms with van der Waals surface area (Å²) >= 11 is 0. The van der Waals surface area contributed by atoms with E-state index in [4.69, 9.17) is 0 Å². The van der Waals surface area contributed by atoms with Crippen LogP contribution >= 0.6 is 0 Å². The number of nitrogens with zero attached hydrogens (tertiary/aromatic N) is 2. The van der Waals surface area contributed by atoms with Crippen LogP contribution in [0.1, 0.15) is 45.1 Å². The molecule has 2 aliphatic carbocycles. The molecule has 1 atom stereocenters. The van der Waals surface area contributed by atoms with Crippen molar-refractivity contribution in [2.75, 3.05) is 0 Å². The lowest BCUT2D eigenvalue weighted by atomic mass is 9.79. The van der Waals surface area contributed by atoms with Gasteiger partial charge in [0, 0.05) is 12.1 Å². The number of phenols is 3. The highest BCUT2D eigenvalue weighted by Crippen LogP contribution is 2.47. The molecule has 4 rings (SSSR count). The molecule has 1 aromatic rings. The summed E-state index contributed by atoms with van der Waals surface area (Å²) in [6, 6.07) is 1.79. The van der Waals surface area contributed by atoms with Gasteiger partial charge in [-0.25, -0.2) is 5.01 Å². The molecule has 1 unspecified atom stereocenters. The van der Waals surface area contributed by atoms with E-state index in [-0.39, 0.29) is 34.1 Å². The molecule has 8 nitrogen and oxygen atoms in total. The fourth-order valence-corrected chi connectivity index (χ4v) is 4.45. The number of aliphatic hydroxyl groups excluding tert-OH is 1. The lowest BCUT2D eigenvalue weighted by Crippen LogP contribution is -2.37. The predicted octanol–water partition coefficient (Wildman–Crippen LogP) is 2.75. The first-order valence-electron chi connectivity index (χ1n) is 9.59. The highest BCUT2D eigenvalue weighted by Gasteiger charge is 2.45. The van der Waals surface area contributed by atoms with Crippen LogP contribution in [0.15, 0.2) is 34.1 Å². The molecule has 3 aliphatic rings. The Morgan fingerprint density at radius 2 is 1.59 bits per heavy atom. The van der Waals surface area contributed by atoms with Crippen LogP contribution in [0.5, 0.6) is 17.2 Å². The van der Waals surface area contributed by atoms with Crippen molar-refractivity contribution < 1.29 is 30.0 Å². The SMILES string of the molecule is CC1=NN(C(C)C2CCCC2)C(=O)/C1=C1/C(=O)C(c2c(O)cc(O)cc2O)=C1O. The number of allylic oxidation sites excluding steroid dienone is 2. The molecule has 0 aromatic heterocycles. The van der Waals surface area contributed by atoms with Gasteiger partial charge in [-0.2, -0.15) is 5.10 Å². The normalized spacial score (nSPS) is 23.7. The molecule has 4 N–H and O–H groups in total. The van der Waals surface area contributed by atoms with Gasteiger partial charge in [-0.05, 0) is 32.6 Å². The van der Waals surface area contributed by atoms with Crippen molar-refractivity contribution in [2.24, 2.45) is 11.0 Å². The molecule has 1 saturated carbocycles. The predicted molar refractivity (Wildman–Crippen MR) is 104 cm³/mol. The first-order chi connectivity index (χ1) is 13.7. The van der Waals surface area contributed by atoms with E-state index in [0.717, 1.165) is 37.8 Å². The summed E-state index contributed by atoms with van der Waals surface area (Å²) in [4.78, 5) is 25.8. The molecule has 0 saturated heterocycles. The van der Waals surface area contributed by atoms with Gasteiger partial charge in [0.1, 0.15) is 23.0 Å². The number of hydrogen-bond acceptors (Lipinski definition) is 7. The summed E-state index contributed by atoms with van der Waals surface area (Å²) in [7, 11) is 0. The quantitative estimate of drug-likeness (QED) is 0.579. The Morgan fingerprint density at radius 3 is 2.14 bits per heavy atom. The summed E-state index contributed by atoms with van der Waals surface area (Å²) < 4.78 is 0. The number of hydrazone groups is 1. The molecule has 0 spiro atoms. The van der Waals surface area contributed by atoms with Crippen LogP contribution in [-0.4, -0.2) is 48.9 Å². The lowest BCUT2D eigenvalue weighted by molar-refractivity contribution is -0.129. The number of phenolic OH excluding ortho intramolecular Hbond substituents is 3. The molecule has 0 bridgehead atoms. The van der Waals surface area contributed by atoms with Crippen LogP contribution in [0.2, 0.25) is 0 Å². The Bertz CT molecular complexity index is 1010. The maximum Gasteiger partial charge on any atom is 0.277 e. The topological polar surface area (TPSA) is 131 Å². The minimum Gasteiger partial charge on any atom is -0.508 e. The van der Waals surface area contributed by atoms with E-state index in [2.05, 4.69) is 5.10 Å². The fraction of sp³-hybridized carbons (Fsp3) is 0.381. The van der Waals surface area contributed by atoms with E-state index in [0.29, 0.717) is 11.6 Å². The molecule has 152 valence electrons. The van der Waals surface area contributed by atoms with E-state index in [9.17, 15) is 30.0 Å². The van der Waals surface area contributed by atoms with Gasteiger partial charge >= 0.3 is 0 Å². The van der Waals surface area contributed by atoms with Crippen LogP contribution in [0, 0.1) is 5.92 Å². The van der Waals surface area contributed by atoms with Gasteiger partial charge in [-0.1, -0.05) is 12.8 Å². The van der Waals surface area contributed by atoms with Gasteiger partial charge < -0.3 is 20.4 Å². The van der Waals surface area contributed by atoms with Crippen molar-refractivity contribution in [3.63, 3.8) is 0 Å². The van der Waals surface area contributed by atoms with Gasteiger partial charge in [-0.15, -0.1) is 0 Å². The van der Waals surface area contributed by atoms with Gasteiger partial charge in [-0.3, -0.25) is 9.59 Å². The van der Waals surface area contributed by atoms with Crippen LogP contribution in [0.3, 0.4) is 0 Å². The first kappa shape index (κ1) is 19.0. The number of benzene rings is 1. The third-order valence-electron chi connectivity index (χ3n) is 6.02. The summed E-state index contributed by atoms with van der Waals surface area (Å²) in [6.45, 7) is 3.55. The number of rotatable bonds is 3. The van der Waals surface area contributed by atoms with Gasteiger partial charge in [0.25, 0.3) is 5.91 Å². The van der Waals surface area contributed by atoms with Gasteiger partial charge in [0.2, 0.25) is 5.78 Å². The van der Waals surface area contributed by atoms with E-state index < -0.39 is 28.9 Å². The number of amides is 1. The summed E-state index contributed by atoms with van der Waals surface area (Å²) in [6.07, 6.45) is 4.30. The minimum atomic E-state index is -0.674. The number of ketones is 1. The number of carbonyl (C=O) groups excluding carboxylic acids is 2. The highest BCUT2D eigenvalue weighted by molar-refractivity contribution is 6.44. The monoisotopic (exact) mass is 398 g/mol. The number of hydrogen-bond donors (Lipinski definition) is 4. The second-order valence-electron chi connectivity index (χ2n) is 7.78. The van der Waals surface area contributed by atoms with Gasteiger partial charge in [0.15, 0.2) is 0 Å². The average Bonchev–Trinajstić information content (AvgIpc) is 3.28. The molecule has 1 amide bonds. The average molecular weight is 398 g/mol. The fourth-order valence-electron chi connectivity index (χ4n) is 4.45. The molecule has 29 heavy (non-hydrogen) atoms. The van der Waals surface area contributed by atoms with Crippen molar-refractivity contribution in [2.45, 2.75) is 45.6 Å². The zero-order valence-corrected chi connectivity index (χ0v) is 16.1. The van der Waals surface area contributed by atoms with Crippen molar-refractivity contribution in [1.82, 2.24) is 5.01 Å². The number of aromatic hydroxyl groups is 3. The third-order valence-corrected chi connectivity index (χ3v) is 6.02. The summed E-state index contributed by atoms with van der Waals surface area (Å²) in [5.41, 5.74) is -0.373. The van der Waals surface area contributed by atoms with Crippen LogP contribution in [0.25, 0.3) is 5.57 Å². The van der Waals surface area contributed by atoms with E-state index in [1.807, 2.05) is 6.92 Å². The Morgan fingerprint density at radius 1 is 1.00 bits per heavy atom. The van der Waals surface area contributed by atoms with Crippen molar-refractivity contribution in [3.05, 3.63) is 34.6 Å². The summed E-state index contributed by atoms with van der Waals surface area (Å²) in [5, 5.41) is 45.7. The zero-order valence-electron chi connectivity index (χ0n) is 16.1. The molecule has 1 aliphatic heterocycles. The van der Waals surface area contributed by atoms with Crippen molar-refractivity contribution >= 4 is 23.0 Å². The maximum atomic E-state index is 13.0. The number of carbonyl (C=O) groups is 2. The van der Waals surface area contributed by atoms with E-state index in [1.54, 1.807) is 6.92 Å². The van der Waals surface area contributed by atoms with E-state index >= 15 is 0 Å². The standard InChI is InChI=1S/C21H22N2O6/c1-9-15(21(29)23(22-9)10(2)11-5-3-4-6-11)17-19(27)18(20(17)28)16-13(25)7-12(24)8-14(16)26/h7-8,10-11,24-27H,3-6H2,1-2H3/b17-15+.